The molecule has 0 saturated carbocycles. The van der Waals surface area contributed by atoms with E-state index in [1.165, 1.54) is 37.1 Å². The molecule has 1 aromatic heterocycles. The van der Waals surface area contributed by atoms with Crippen LogP contribution >= 0.6 is 0 Å². The van der Waals surface area contributed by atoms with Crippen molar-refractivity contribution in [3.05, 3.63) is 59.2 Å². The largest absolute Gasteiger partial charge is 0.375 e. The summed E-state index contributed by atoms with van der Waals surface area (Å²) < 4.78 is 5.85. The average Bonchev–Trinajstić information content (AvgIpc) is 3.13. The van der Waals surface area contributed by atoms with Gasteiger partial charge in [-0.3, -0.25) is 0 Å². The van der Waals surface area contributed by atoms with Gasteiger partial charge in [0, 0.05) is 24.9 Å². The minimum absolute atomic E-state index is 0.678. The Kier molecular flexibility index (Phi) is 6.33. The Hall–Kier alpha value is -1.78. The normalized spacial score (nSPS) is 15.0. The van der Waals surface area contributed by atoms with Crippen LogP contribution in [0.25, 0.3) is 0 Å². The maximum atomic E-state index is 5.85. The number of rotatable bonds is 8. The Balaban J connectivity index is 1.49. The van der Waals surface area contributed by atoms with Gasteiger partial charge in [-0.05, 0) is 49.5 Å². The van der Waals surface area contributed by atoms with Crippen LogP contribution < -0.4 is 0 Å². The second-order valence-electron chi connectivity index (χ2n) is 6.42. The first-order valence-corrected chi connectivity index (χ1v) is 9.02. The molecule has 2 heterocycles. The van der Waals surface area contributed by atoms with E-state index in [1.807, 2.05) is 12.3 Å². The predicted octanol–water partition coefficient (Wildman–Crippen LogP) is 3.24. The standard InChI is InChI=1S/C20H27N3O/c1-2-19-8-9-21-20(22-19)15-17-6-5-7-18(14-17)16-24-13-12-23-10-3-4-11-23/h5-9,14H,2-4,10-13,15-16H2,1H3. The maximum Gasteiger partial charge on any atom is 0.132 e. The molecule has 0 atom stereocenters. The molecule has 0 unspecified atom stereocenters. The first-order chi connectivity index (χ1) is 11.8. The Labute approximate surface area is 144 Å². The summed E-state index contributed by atoms with van der Waals surface area (Å²) in [5.41, 5.74) is 3.56. The van der Waals surface area contributed by atoms with Crippen molar-refractivity contribution >= 4 is 0 Å². The highest BCUT2D eigenvalue weighted by Crippen LogP contribution is 2.11. The van der Waals surface area contributed by atoms with Crippen LogP contribution in [0, 0.1) is 0 Å². The van der Waals surface area contributed by atoms with Gasteiger partial charge in [-0.1, -0.05) is 31.2 Å². The molecule has 4 heteroatoms. The van der Waals surface area contributed by atoms with Crippen molar-refractivity contribution in [2.75, 3.05) is 26.2 Å². The van der Waals surface area contributed by atoms with E-state index in [0.717, 1.165) is 37.5 Å². The molecular weight excluding hydrogens is 298 g/mol. The highest BCUT2D eigenvalue weighted by Gasteiger charge is 2.10. The monoisotopic (exact) mass is 325 g/mol. The van der Waals surface area contributed by atoms with Gasteiger partial charge in [-0.25, -0.2) is 9.97 Å². The number of aryl methyl sites for hydroxylation is 1. The summed E-state index contributed by atoms with van der Waals surface area (Å²) in [7, 11) is 0. The molecule has 1 aliphatic heterocycles. The average molecular weight is 325 g/mol. The van der Waals surface area contributed by atoms with Gasteiger partial charge in [0.05, 0.1) is 13.2 Å². The van der Waals surface area contributed by atoms with E-state index in [9.17, 15) is 0 Å². The lowest BCUT2D eigenvalue weighted by Gasteiger charge is -2.14. The van der Waals surface area contributed by atoms with Gasteiger partial charge in [-0.2, -0.15) is 0 Å². The molecule has 0 radical (unpaired) electrons. The second kappa shape index (κ2) is 8.90. The molecule has 1 fully saturated rings. The van der Waals surface area contributed by atoms with Crippen LogP contribution in [0.5, 0.6) is 0 Å². The summed E-state index contributed by atoms with van der Waals surface area (Å²) in [6, 6.07) is 10.5. The van der Waals surface area contributed by atoms with Crippen molar-refractivity contribution in [2.24, 2.45) is 0 Å². The first-order valence-electron chi connectivity index (χ1n) is 9.02. The van der Waals surface area contributed by atoms with Gasteiger partial charge in [-0.15, -0.1) is 0 Å². The van der Waals surface area contributed by atoms with E-state index in [-0.39, 0.29) is 0 Å². The molecule has 0 amide bonds. The van der Waals surface area contributed by atoms with Gasteiger partial charge >= 0.3 is 0 Å². The zero-order chi connectivity index (χ0) is 16.6. The lowest BCUT2D eigenvalue weighted by molar-refractivity contribution is 0.0992. The zero-order valence-corrected chi connectivity index (χ0v) is 14.6. The molecule has 1 saturated heterocycles. The Bertz CT molecular complexity index is 638. The molecule has 2 aromatic rings. The fraction of sp³-hybridized carbons (Fsp3) is 0.500. The predicted molar refractivity (Wildman–Crippen MR) is 96.0 cm³/mol. The van der Waals surface area contributed by atoms with Crippen molar-refractivity contribution in [3.63, 3.8) is 0 Å². The Morgan fingerprint density at radius 2 is 1.96 bits per heavy atom. The molecule has 0 N–H and O–H groups in total. The quantitative estimate of drug-likeness (QED) is 0.698. The highest BCUT2D eigenvalue weighted by molar-refractivity contribution is 5.25. The summed E-state index contributed by atoms with van der Waals surface area (Å²) in [6.45, 7) is 7.12. The van der Waals surface area contributed by atoms with E-state index in [1.54, 1.807) is 0 Å². The van der Waals surface area contributed by atoms with Gasteiger partial charge in [0.1, 0.15) is 5.82 Å². The third-order valence-electron chi connectivity index (χ3n) is 4.50. The van der Waals surface area contributed by atoms with Crippen LogP contribution in [-0.2, 0) is 24.2 Å². The van der Waals surface area contributed by atoms with E-state index in [2.05, 4.69) is 46.1 Å². The number of hydrogen-bond acceptors (Lipinski definition) is 4. The maximum absolute atomic E-state index is 5.85. The highest BCUT2D eigenvalue weighted by atomic mass is 16.5. The molecule has 0 bridgehead atoms. The minimum atomic E-state index is 0.678. The van der Waals surface area contributed by atoms with Crippen LogP contribution in [0.2, 0.25) is 0 Å². The number of hydrogen-bond donors (Lipinski definition) is 0. The van der Waals surface area contributed by atoms with Gasteiger partial charge in [0.2, 0.25) is 0 Å². The van der Waals surface area contributed by atoms with E-state index >= 15 is 0 Å². The molecule has 4 nitrogen and oxygen atoms in total. The molecule has 0 aliphatic carbocycles. The summed E-state index contributed by atoms with van der Waals surface area (Å²) >= 11 is 0. The van der Waals surface area contributed by atoms with Gasteiger partial charge in [0.15, 0.2) is 0 Å². The van der Waals surface area contributed by atoms with E-state index in [4.69, 9.17) is 4.74 Å². The van der Waals surface area contributed by atoms with Crippen molar-refractivity contribution in [1.29, 1.82) is 0 Å². The van der Waals surface area contributed by atoms with Crippen LogP contribution in [-0.4, -0.2) is 41.1 Å². The van der Waals surface area contributed by atoms with Crippen LogP contribution in [0.1, 0.15) is 42.4 Å². The van der Waals surface area contributed by atoms with Crippen molar-refractivity contribution in [1.82, 2.24) is 14.9 Å². The van der Waals surface area contributed by atoms with Crippen LogP contribution in [0.3, 0.4) is 0 Å². The minimum Gasteiger partial charge on any atom is -0.375 e. The molecule has 128 valence electrons. The molecule has 1 aliphatic rings. The van der Waals surface area contributed by atoms with Crippen molar-refractivity contribution in [3.8, 4) is 0 Å². The third-order valence-corrected chi connectivity index (χ3v) is 4.50. The number of ether oxygens (including phenoxy) is 1. The Morgan fingerprint density at radius 3 is 2.79 bits per heavy atom. The fourth-order valence-corrected chi connectivity index (χ4v) is 3.13. The molecule has 1 aromatic carbocycles. The van der Waals surface area contributed by atoms with Gasteiger partial charge < -0.3 is 9.64 Å². The van der Waals surface area contributed by atoms with Crippen LogP contribution in [0.15, 0.2) is 36.5 Å². The third kappa shape index (κ3) is 5.11. The molecule has 24 heavy (non-hydrogen) atoms. The number of likely N-dealkylation sites (tertiary alicyclic amines) is 1. The zero-order valence-electron chi connectivity index (χ0n) is 14.6. The summed E-state index contributed by atoms with van der Waals surface area (Å²) in [4.78, 5) is 11.5. The topological polar surface area (TPSA) is 38.2 Å². The number of nitrogens with zero attached hydrogens (tertiary/aromatic N) is 3. The summed E-state index contributed by atoms with van der Waals surface area (Å²) in [6.07, 6.45) is 6.25. The first kappa shape index (κ1) is 17.1. The van der Waals surface area contributed by atoms with E-state index < -0.39 is 0 Å². The lowest BCUT2D eigenvalue weighted by Crippen LogP contribution is -2.23. The second-order valence-corrected chi connectivity index (χ2v) is 6.42. The fourth-order valence-electron chi connectivity index (χ4n) is 3.13. The summed E-state index contributed by atoms with van der Waals surface area (Å²) in [5.74, 6) is 0.890. The molecule has 0 spiro atoms. The SMILES string of the molecule is CCc1ccnc(Cc2cccc(COCCN3CCCC3)c2)n1. The lowest BCUT2D eigenvalue weighted by atomic mass is 10.1. The number of benzene rings is 1. The van der Waals surface area contributed by atoms with Crippen LogP contribution in [0.4, 0.5) is 0 Å². The molecule has 3 rings (SSSR count). The Morgan fingerprint density at radius 1 is 1.12 bits per heavy atom. The van der Waals surface area contributed by atoms with Gasteiger partial charge in [0.25, 0.3) is 0 Å². The smallest absolute Gasteiger partial charge is 0.132 e. The van der Waals surface area contributed by atoms with Crippen molar-refractivity contribution in [2.45, 2.75) is 39.2 Å². The van der Waals surface area contributed by atoms with E-state index in [0.29, 0.717) is 6.61 Å². The number of aromatic nitrogens is 2. The van der Waals surface area contributed by atoms with Crippen molar-refractivity contribution < 1.29 is 4.74 Å². The molecular formula is C20H27N3O. The summed E-state index contributed by atoms with van der Waals surface area (Å²) in [5, 5.41) is 0.